The number of halogens is 1. The normalized spacial score (nSPS) is 9.81. The third-order valence-corrected chi connectivity index (χ3v) is 2.08. The summed E-state index contributed by atoms with van der Waals surface area (Å²) in [5.74, 6) is -2.73. The van der Waals surface area contributed by atoms with E-state index in [2.05, 4.69) is 0 Å². The molecule has 1 rings (SSSR count). The summed E-state index contributed by atoms with van der Waals surface area (Å²) < 4.78 is 0. The first-order chi connectivity index (χ1) is 7.49. The maximum absolute atomic E-state index is 10.4. The lowest BCUT2D eigenvalue weighted by Crippen LogP contribution is -2.44. The van der Waals surface area contributed by atoms with Gasteiger partial charge in [-0.25, -0.2) is 0 Å². The molecule has 1 aromatic carbocycles. The third-order valence-electron chi connectivity index (χ3n) is 1.83. The van der Waals surface area contributed by atoms with E-state index in [-0.39, 0.29) is 0 Å². The SMILES string of the molecule is O=C([O-])CN(CC(=O)[O-])c1ccc(Cl)cc1. The molecule has 0 aliphatic heterocycles. The zero-order valence-electron chi connectivity index (χ0n) is 8.18. The van der Waals surface area contributed by atoms with Crippen LogP contribution in [0.3, 0.4) is 0 Å². The third kappa shape index (κ3) is 3.78. The van der Waals surface area contributed by atoms with Gasteiger partial charge < -0.3 is 24.7 Å². The number of rotatable bonds is 5. The minimum atomic E-state index is -1.36. The largest absolute Gasteiger partial charge is 0.548 e. The Morgan fingerprint density at radius 2 is 1.50 bits per heavy atom. The lowest BCUT2D eigenvalue weighted by molar-refractivity contribution is -0.304. The van der Waals surface area contributed by atoms with Crippen LogP contribution in [0.2, 0.25) is 5.02 Å². The Morgan fingerprint density at radius 1 is 1.06 bits per heavy atom. The second-order valence-electron chi connectivity index (χ2n) is 3.08. The van der Waals surface area contributed by atoms with Crippen LogP contribution in [0.25, 0.3) is 0 Å². The number of carboxylic acid groups (broad SMARTS) is 2. The molecule has 0 amide bonds. The number of benzene rings is 1. The molecule has 5 nitrogen and oxygen atoms in total. The molecule has 0 spiro atoms. The number of carbonyl (C=O) groups is 2. The number of carbonyl (C=O) groups excluding carboxylic acids is 2. The van der Waals surface area contributed by atoms with Crippen molar-refractivity contribution in [3.8, 4) is 0 Å². The summed E-state index contributed by atoms with van der Waals surface area (Å²) in [4.78, 5) is 22.0. The topological polar surface area (TPSA) is 83.5 Å². The van der Waals surface area contributed by atoms with Crippen LogP contribution in [0.5, 0.6) is 0 Å². The molecule has 0 fully saturated rings. The van der Waals surface area contributed by atoms with Gasteiger partial charge in [0.15, 0.2) is 0 Å². The van der Waals surface area contributed by atoms with Crippen molar-refractivity contribution < 1.29 is 19.8 Å². The molecule has 0 aliphatic rings. The van der Waals surface area contributed by atoms with Crippen molar-refractivity contribution in [3.63, 3.8) is 0 Å². The molecule has 16 heavy (non-hydrogen) atoms. The van der Waals surface area contributed by atoms with Crippen molar-refractivity contribution in [2.45, 2.75) is 0 Å². The fourth-order valence-electron chi connectivity index (χ4n) is 1.20. The van der Waals surface area contributed by atoms with Gasteiger partial charge in [0, 0.05) is 10.7 Å². The van der Waals surface area contributed by atoms with Crippen LogP contribution < -0.4 is 15.1 Å². The highest BCUT2D eigenvalue weighted by atomic mass is 35.5. The molecule has 0 bridgehead atoms. The Hall–Kier alpha value is -1.75. The van der Waals surface area contributed by atoms with E-state index in [0.717, 1.165) is 4.90 Å². The summed E-state index contributed by atoms with van der Waals surface area (Å²) in [7, 11) is 0. The van der Waals surface area contributed by atoms with Crippen LogP contribution in [-0.2, 0) is 9.59 Å². The van der Waals surface area contributed by atoms with E-state index in [1.807, 2.05) is 0 Å². The van der Waals surface area contributed by atoms with Crippen molar-refractivity contribution in [3.05, 3.63) is 29.3 Å². The summed E-state index contributed by atoms with van der Waals surface area (Å²) >= 11 is 5.65. The molecule has 86 valence electrons. The molecular formula is C10H8ClNO4-2. The highest BCUT2D eigenvalue weighted by molar-refractivity contribution is 6.30. The van der Waals surface area contributed by atoms with E-state index < -0.39 is 25.0 Å². The Morgan fingerprint density at radius 3 is 1.88 bits per heavy atom. The van der Waals surface area contributed by atoms with Gasteiger partial charge in [0.2, 0.25) is 0 Å². The molecule has 0 heterocycles. The van der Waals surface area contributed by atoms with Crippen molar-refractivity contribution in [1.82, 2.24) is 0 Å². The highest BCUT2D eigenvalue weighted by Gasteiger charge is 2.06. The van der Waals surface area contributed by atoms with E-state index in [4.69, 9.17) is 11.6 Å². The van der Waals surface area contributed by atoms with E-state index in [1.54, 1.807) is 0 Å². The molecule has 0 radical (unpaired) electrons. The second-order valence-corrected chi connectivity index (χ2v) is 3.51. The van der Waals surface area contributed by atoms with Crippen molar-refractivity contribution >= 4 is 29.2 Å². The van der Waals surface area contributed by atoms with Gasteiger partial charge in [0.05, 0.1) is 25.0 Å². The smallest absolute Gasteiger partial charge is 0.0608 e. The predicted molar refractivity (Wildman–Crippen MR) is 53.7 cm³/mol. The Bertz CT molecular complexity index is 374. The van der Waals surface area contributed by atoms with Gasteiger partial charge in [-0.3, -0.25) is 0 Å². The summed E-state index contributed by atoms with van der Waals surface area (Å²) in [6.07, 6.45) is 0. The van der Waals surface area contributed by atoms with Crippen LogP contribution in [-0.4, -0.2) is 25.0 Å². The summed E-state index contributed by atoms with van der Waals surface area (Å²) in [6.45, 7) is -1.04. The minimum Gasteiger partial charge on any atom is -0.548 e. The first-order valence-corrected chi connectivity index (χ1v) is 4.77. The number of hydrogen-bond donors (Lipinski definition) is 0. The molecule has 0 unspecified atom stereocenters. The molecule has 0 saturated carbocycles. The van der Waals surface area contributed by atoms with Crippen LogP contribution in [0, 0.1) is 0 Å². The van der Waals surface area contributed by atoms with Crippen LogP contribution in [0.1, 0.15) is 0 Å². The van der Waals surface area contributed by atoms with Gasteiger partial charge in [-0.1, -0.05) is 11.6 Å². The van der Waals surface area contributed by atoms with Crippen LogP contribution in [0.4, 0.5) is 5.69 Å². The van der Waals surface area contributed by atoms with E-state index in [1.165, 1.54) is 24.3 Å². The van der Waals surface area contributed by atoms with Gasteiger partial charge >= 0.3 is 0 Å². The fourth-order valence-corrected chi connectivity index (χ4v) is 1.33. The highest BCUT2D eigenvalue weighted by Crippen LogP contribution is 2.17. The average Bonchev–Trinajstić information content (AvgIpc) is 2.16. The number of carboxylic acids is 2. The minimum absolute atomic E-state index is 0.429. The van der Waals surface area contributed by atoms with Gasteiger partial charge in [-0.2, -0.15) is 0 Å². The van der Waals surface area contributed by atoms with Gasteiger partial charge in [0.1, 0.15) is 0 Å². The first kappa shape index (κ1) is 12.3. The van der Waals surface area contributed by atoms with Crippen LogP contribution >= 0.6 is 11.6 Å². The Balaban J connectivity index is 2.86. The van der Waals surface area contributed by atoms with Gasteiger partial charge in [-0.05, 0) is 24.3 Å². The van der Waals surface area contributed by atoms with E-state index in [0.29, 0.717) is 10.7 Å². The molecular weight excluding hydrogens is 234 g/mol. The summed E-state index contributed by atoms with van der Waals surface area (Å²) in [5.41, 5.74) is 0.429. The van der Waals surface area contributed by atoms with Gasteiger partial charge in [0.25, 0.3) is 0 Å². The van der Waals surface area contributed by atoms with Crippen LogP contribution in [0.15, 0.2) is 24.3 Å². The molecule has 0 atom stereocenters. The number of anilines is 1. The van der Waals surface area contributed by atoms with Crippen molar-refractivity contribution in [2.24, 2.45) is 0 Å². The van der Waals surface area contributed by atoms with Crippen molar-refractivity contribution in [2.75, 3.05) is 18.0 Å². The molecule has 0 aromatic heterocycles. The van der Waals surface area contributed by atoms with E-state index >= 15 is 0 Å². The molecule has 0 aliphatic carbocycles. The van der Waals surface area contributed by atoms with Crippen molar-refractivity contribution in [1.29, 1.82) is 0 Å². The maximum Gasteiger partial charge on any atom is 0.0608 e. The van der Waals surface area contributed by atoms with E-state index in [9.17, 15) is 19.8 Å². The zero-order valence-corrected chi connectivity index (χ0v) is 8.94. The second kappa shape index (κ2) is 5.37. The molecule has 6 heteroatoms. The molecule has 1 aromatic rings. The summed E-state index contributed by atoms with van der Waals surface area (Å²) in [6, 6.07) is 6.12. The quantitative estimate of drug-likeness (QED) is 0.636. The lowest BCUT2D eigenvalue weighted by atomic mass is 10.3. The molecule has 0 N–H and O–H groups in total. The Kier molecular flexibility index (Phi) is 4.13. The number of hydrogen-bond acceptors (Lipinski definition) is 5. The number of aliphatic carboxylic acids is 2. The average molecular weight is 242 g/mol. The predicted octanol–water partition coefficient (Wildman–Crippen LogP) is -1.35. The van der Waals surface area contributed by atoms with Gasteiger partial charge in [-0.15, -0.1) is 0 Å². The summed E-state index contributed by atoms with van der Waals surface area (Å²) in [5, 5.41) is 21.4. The fraction of sp³-hybridized carbons (Fsp3) is 0.200. The molecule has 0 saturated heterocycles. The monoisotopic (exact) mass is 241 g/mol. The first-order valence-electron chi connectivity index (χ1n) is 4.39. The lowest BCUT2D eigenvalue weighted by Gasteiger charge is -2.25. The number of nitrogens with zero attached hydrogens (tertiary/aromatic N) is 1. The standard InChI is InChI=1S/C10H10ClNO4/c11-7-1-3-8(4-2-7)12(5-9(13)14)6-10(15)16/h1-4H,5-6H2,(H,13,14)(H,15,16)/p-2. The zero-order chi connectivity index (χ0) is 12.1. The maximum atomic E-state index is 10.4. The Labute approximate surface area is 96.9 Å².